The monoisotopic (exact) mass is 245 g/mol. The minimum Gasteiger partial charge on any atom is -0.465 e. The topological polar surface area (TPSA) is 63.7 Å². The van der Waals surface area contributed by atoms with Gasteiger partial charge < -0.3 is 9.64 Å². The second-order valence-corrected chi connectivity index (χ2v) is 4.47. The van der Waals surface area contributed by atoms with Crippen LogP contribution in [-0.2, 0) is 9.53 Å². The van der Waals surface area contributed by atoms with Gasteiger partial charge in [0.05, 0.1) is 24.4 Å². The number of hydrogen-bond acceptors (Lipinski definition) is 4. The first-order chi connectivity index (χ1) is 8.61. The summed E-state index contributed by atoms with van der Waals surface area (Å²) in [5.74, 6) is -0.453. The van der Waals surface area contributed by atoms with Crippen molar-refractivity contribution in [3.63, 3.8) is 0 Å². The molecule has 1 aromatic carbocycles. The van der Waals surface area contributed by atoms with Gasteiger partial charge in [0.2, 0.25) is 5.91 Å². The van der Waals surface area contributed by atoms with Crippen molar-refractivity contribution in [3.05, 3.63) is 29.3 Å². The van der Waals surface area contributed by atoms with Crippen molar-refractivity contribution in [2.75, 3.05) is 12.0 Å². The molecule has 0 radical (unpaired) electrons. The number of methoxy groups -OCH3 is 1. The van der Waals surface area contributed by atoms with E-state index in [-0.39, 0.29) is 17.7 Å². The molecule has 0 aliphatic carbocycles. The molecule has 1 fully saturated rings. The first-order valence-electron chi connectivity index (χ1n) is 5.69. The average Bonchev–Trinajstić information content (AvgIpc) is 2.36. The summed E-state index contributed by atoms with van der Waals surface area (Å²) in [6, 6.07) is 4.66. The second kappa shape index (κ2) is 3.66. The number of nitrogens with zero attached hydrogens (tertiary/aromatic N) is 1. The van der Waals surface area contributed by atoms with Gasteiger partial charge in [0.25, 0.3) is 0 Å². The van der Waals surface area contributed by atoms with Crippen LogP contribution in [0, 0.1) is 0 Å². The zero-order valence-electron chi connectivity index (χ0n) is 9.80. The fourth-order valence-electron chi connectivity index (χ4n) is 2.51. The number of benzene rings is 1. The lowest BCUT2D eigenvalue weighted by atomic mass is 9.86. The van der Waals surface area contributed by atoms with E-state index in [0.29, 0.717) is 29.7 Å². The normalized spacial score (nSPS) is 20.9. The Labute approximate surface area is 103 Å². The van der Waals surface area contributed by atoms with E-state index in [1.165, 1.54) is 7.11 Å². The van der Waals surface area contributed by atoms with Gasteiger partial charge in [-0.3, -0.25) is 9.59 Å². The van der Waals surface area contributed by atoms with Crippen molar-refractivity contribution < 1.29 is 19.1 Å². The highest BCUT2D eigenvalue weighted by Crippen LogP contribution is 2.38. The Morgan fingerprint density at radius 3 is 2.78 bits per heavy atom. The fraction of sp³-hybridized carbons (Fsp3) is 0.308. The Balaban J connectivity index is 2.10. The number of carbonyl (C=O) groups is 3. The zero-order valence-corrected chi connectivity index (χ0v) is 9.80. The second-order valence-electron chi connectivity index (χ2n) is 4.47. The molecule has 2 aliphatic rings. The quantitative estimate of drug-likeness (QED) is 0.550. The van der Waals surface area contributed by atoms with Crippen LogP contribution in [0.3, 0.4) is 0 Å². The summed E-state index contributed by atoms with van der Waals surface area (Å²) in [5, 5.41) is 0. The largest absolute Gasteiger partial charge is 0.465 e. The molecule has 5 heteroatoms. The lowest BCUT2D eigenvalue weighted by Gasteiger charge is -2.44. The summed E-state index contributed by atoms with van der Waals surface area (Å²) in [5.41, 5.74) is 1.40. The van der Waals surface area contributed by atoms with Gasteiger partial charge >= 0.3 is 5.97 Å². The number of β-lactam (4-membered cyclic amide) rings is 1. The van der Waals surface area contributed by atoms with Crippen LogP contribution >= 0.6 is 0 Å². The number of carbonyl (C=O) groups excluding carboxylic acids is 3. The van der Waals surface area contributed by atoms with E-state index in [4.69, 9.17) is 0 Å². The minimum atomic E-state index is -0.472. The number of amides is 1. The van der Waals surface area contributed by atoms with Crippen LogP contribution in [0.4, 0.5) is 5.69 Å². The minimum absolute atomic E-state index is 0.00392. The highest BCUT2D eigenvalue weighted by molar-refractivity contribution is 6.14. The van der Waals surface area contributed by atoms with Gasteiger partial charge in [-0.1, -0.05) is 0 Å². The number of fused-ring (bicyclic) bond motifs is 3. The molecule has 0 spiro atoms. The fourth-order valence-corrected chi connectivity index (χ4v) is 2.51. The van der Waals surface area contributed by atoms with Crippen LogP contribution in [0.1, 0.15) is 33.6 Å². The summed E-state index contributed by atoms with van der Waals surface area (Å²) in [7, 11) is 1.30. The number of anilines is 1. The Hall–Kier alpha value is -2.17. The molecule has 0 aromatic heterocycles. The van der Waals surface area contributed by atoms with Crippen molar-refractivity contribution in [2.24, 2.45) is 0 Å². The summed E-state index contributed by atoms with van der Waals surface area (Å²) in [4.78, 5) is 36.5. The molecule has 1 saturated heterocycles. The molecule has 0 saturated carbocycles. The zero-order chi connectivity index (χ0) is 12.9. The summed E-state index contributed by atoms with van der Waals surface area (Å²) >= 11 is 0. The molecule has 1 atom stereocenters. The van der Waals surface area contributed by atoms with Crippen molar-refractivity contribution in [1.29, 1.82) is 0 Å². The first-order valence-corrected chi connectivity index (χ1v) is 5.69. The Kier molecular flexibility index (Phi) is 2.23. The maximum Gasteiger partial charge on any atom is 0.337 e. The number of Topliss-reactive ketones (excluding diaryl/α,β-unsaturated/α-hetero) is 1. The van der Waals surface area contributed by atoms with Crippen molar-refractivity contribution in [1.82, 2.24) is 0 Å². The molecule has 1 unspecified atom stereocenters. The average molecular weight is 245 g/mol. The van der Waals surface area contributed by atoms with E-state index in [2.05, 4.69) is 4.74 Å². The van der Waals surface area contributed by atoms with Gasteiger partial charge in [-0.2, -0.15) is 0 Å². The SMILES string of the molecule is COC(=O)c1ccc2c(c1)N1C(=O)CC1CC2=O. The van der Waals surface area contributed by atoms with Crippen molar-refractivity contribution in [2.45, 2.75) is 18.9 Å². The summed E-state index contributed by atoms with van der Waals surface area (Å²) in [6.07, 6.45) is 0.782. The number of esters is 1. The Morgan fingerprint density at radius 2 is 2.11 bits per heavy atom. The highest BCUT2D eigenvalue weighted by Gasteiger charge is 2.43. The summed E-state index contributed by atoms with van der Waals surface area (Å²) in [6.45, 7) is 0. The number of ketones is 1. The number of ether oxygens (including phenoxy) is 1. The molecule has 0 bridgehead atoms. The molecule has 1 aromatic rings. The molecule has 2 heterocycles. The van der Waals surface area contributed by atoms with Crippen LogP contribution in [0.5, 0.6) is 0 Å². The van der Waals surface area contributed by atoms with Gasteiger partial charge in [-0.25, -0.2) is 4.79 Å². The van der Waals surface area contributed by atoms with Gasteiger partial charge in [0, 0.05) is 18.4 Å². The molecule has 3 rings (SSSR count). The molecule has 18 heavy (non-hydrogen) atoms. The number of rotatable bonds is 1. The Morgan fingerprint density at radius 1 is 1.33 bits per heavy atom. The van der Waals surface area contributed by atoms with Gasteiger partial charge in [-0.15, -0.1) is 0 Å². The van der Waals surface area contributed by atoms with Gasteiger partial charge in [0.1, 0.15) is 0 Å². The van der Waals surface area contributed by atoms with Crippen molar-refractivity contribution in [3.8, 4) is 0 Å². The summed E-state index contributed by atoms with van der Waals surface area (Å²) < 4.78 is 4.63. The number of hydrogen-bond donors (Lipinski definition) is 0. The molecule has 92 valence electrons. The molecule has 1 amide bonds. The third-order valence-electron chi connectivity index (χ3n) is 3.44. The molecule has 5 nitrogen and oxygen atoms in total. The Bertz CT molecular complexity index is 578. The standard InChI is InChI=1S/C13H11NO4/c1-18-13(17)7-2-3-9-10(4-7)14-8(5-11(9)15)6-12(14)16/h2-4,8H,5-6H2,1H3. The van der Waals surface area contributed by atoms with Crippen LogP contribution in [0.15, 0.2) is 18.2 Å². The lowest BCUT2D eigenvalue weighted by molar-refractivity contribution is -0.124. The third-order valence-corrected chi connectivity index (χ3v) is 3.44. The van der Waals surface area contributed by atoms with Gasteiger partial charge in [-0.05, 0) is 18.2 Å². The van der Waals surface area contributed by atoms with E-state index in [0.717, 1.165) is 0 Å². The van der Waals surface area contributed by atoms with E-state index in [1.807, 2.05) is 0 Å². The van der Waals surface area contributed by atoms with Crippen LogP contribution < -0.4 is 4.90 Å². The van der Waals surface area contributed by atoms with E-state index in [1.54, 1.807) is 23.1 Å². The van der Waals surface area contributed by atoms with E-state index < -0.39 is 5.97 Å². The maximum atomic E-state index is 11.9. The smallest absolute Gasteiger partial charge is 0.337 e. The van der Waals surface area contributed by atoms with Crippen LogP contribution in [-0.4, -0.2) is 30.8 Å². The molecular formula is C13H11NO4. The van der Waals surface area contributed by atoms with E-state index >= 15 is 0 Å². The molecule has 2 aliphatic heterocycles. The molecular weight excluding hydrogens is 234 g/mol. The predicted molar refractivity (Wildman–Crippen MR) is 62.6 cm³/mol. The predicted octanol–water partition coefficient (Wildman–Crippen LogP) is 1.16. The van der Waals surface area contributed by atoms with Gasteiger partial charge in [0.15, 0.2) is 5.78 Å². The van der Waals surface area contributed by atoms with Crippen molar-refractivity contribution >= 4 is 23.3 Å². The van der Waals surface area contributed by atoms with Crippen LogP contribution in [0.25, 0.3) is 0 Å². The first kappa shape index (κ1) is 11.0. The third kappa shape index (κ3) is 1.37. The highest BCUT2D eigenvalue weighted by atomic mass is 16.5. The lowest BCUT2D eigenvalue weighted by Crippen LogP contribution is -2.56. The van der Waals surface area contributed by atoms with E-state index in [9.17, 15) is 14.4 Å². The molecule has 0 N–H and O–H groups in total. The van der Waals surface area contributed by atoms with Crippen LogP contribution in [0.2, 0.25) is 0 Å². The maximum absolute atomic E-state index is 11.9.